The zero-order valence-electron chi connectivity index (χ0n) is 14.1. The summed E-state index contributed by atoms with van der Waals surface area (Å²) in [6, 6.07) is 15.4. The molecule has 0 saturated heterocycles. The summed E-state index contributed by atoms with van der Waals surface area (Å²) in [5.41, 5.74) is 0.323. The van der Waals surface area contributed by atoms with Crippen LogP contribution in [0.5, 0.6) is 0 Å². The number of amides is 1. The predicted octanol–water partition coefficient (Wildman–Crippen LogP) is 5.19. The molecule has 0 atom stereocenters. The van der Waals surface area contributed by atoms with Crippen molar-refractivity contribution in [1.82, 2.24) is 0 Å². The highest BCUT2D eigenvalue weighted by molar-refractivity contribution is 7.92. The number of rotatable bonds is 5. The largest absolute Gasteiger partial charge is 0.319 e. The van der Waals surface area contributed by atoms with E-state index in [-0.39, 0.29) is 21.8 Å². The van der Waals surface area contributed by atoms with Gasteiger partial charge < -0.3 is 5.32 Å². The fraction of sp³-hybridized carbons (Fsp3) is 0. The number of anilines is 2. The highest BCUT2D eigenvalue weighted by Crippen LogP contribution is 2.23. The Morgan fingerprint density at radius 1 is 0.893 bits per heavy atom. The second-order valence-electron chi connectivity index (χ2n) is 5.72. The molecule has 0 aromatic heterocycles. The van der Waals surface area contributed by atoms with Gasteiger partial charge >= 0.3 is 0 Å². The molecule has 2 N–H and O–H groups in total. The van der Waals surface area contributed by atoms with Crippen LogP contribution < -0.4 is 10.0 Å². The van der Waals surface area contributed by atoms with E-state index in [2.05, 4.69) is 10.0 Å². The quantitative estimate of drug-likeness (QED) is 0.575. The maximum absolute atomic E-state index is 14.4. The van der Waals surface area contributed by atoms with Crippen molar-refractivity contribution >= 4 is 50.5 Å². The summed E-state index contributed by atoms with van der Waals surface area (Å²) in [7, 11) is -4.03. The SMILES string of the molecule is O=C(Nc1ccc(S(=O)(=O)Nc2cccc(Cl)c2)cc1F)c1cccc(Cl)c1. The Labute approximate surface area is 171 Å². The van der Waals surface area contributed by atoms with Crippen molar-refractivity contribution < 1.29 is 17.6 Å². The van der Waals surface area contributed by atoms with Gasteiger partial charge in [-0.2, -0.15) is 0 Å². The molecule has 144 valence electrons. The Morgan fingerprint density at radius 2 is 1.57 bits per heavy atom. The lowest BCUT2D eigenvalue weighted by atomic mass is 10.2. The highest BCUT2D eigenvalue weighted by atomic mass is 35.5. The lowest BCUT2D eigenvalue weighted by Gasteiger charge is -2.11. The van der Waals surface area contributed by atoms with Gasteiger partial charge in [-0.1, -0.05) is 35.3 Å². The van der Waals surface area contributed by atoms with Gasteiger partial charge in [-0.3, -0.25) is 9.52 Å². The topological polar surface area (TPSA) is 75.3 Å². The summed E-state index contributed by atoms with van der Waals surface area (Å²) < 4.78 is 41.6. The maximum atomic E-state index is 14.4. The Morgan fingerprint density at radius 3 is 2.21 bits per heavy atom. The Balaban J connectivity index is 1.80. The summed E-state index contributed by atoms with van der Waals surface area (Å²) in [6.07, 6.45) is 0. The average molecular weight is 439 g/mol. The predicted molar refractivity (Wildman–Crippen MR) is 108 cm³/mol. The number of hydrogen-bond acceptors (Lipinski definition) is 3. The number of carbonyl (C=O) groups is 1. The van der Waals surface area contributed by atoms with Gasteiger partial charge in [0.1, 0.15) is 5.82 Å². The normalized spacial score (nSPS) is 11.1. The number of nitrogens with one attached hydrogen (secondary N) is 2. The van der Waals surface area contributed by atoms with Crippen LogP contribution >= 0.6 is 23.2 Å². The first-order valence-corrected chi connectivity index (χ1v) is 10.1. The number of hydrogen-bond donors (Lipinski definition) is 2. The van der Waals surface area contributed by atoms with Gasteiger partial charge in [-0.25, -0.2) is 12.8 Å². The molecule has 3 rings (SSSR count). The molecule has 0 spiro atoms. The van der Waals surface area contributed by atoms with E-state index in [0.717, 1.165) is 6.07 Å². The summed E-state index contributed by atoms with van der Waals surface area (Å²) in [6.45, 7) is 0. The summed E-state index contributed by atoms with van der Waals surface area (Å²) in [4.78, 5) is 11.9. The molecule has 0 heterocycles. The molecule has 0 aliphatic rings. The molecule has 0 aliphatic carbocycles. The molecule has 5 nitrogen and oxygen atoms in total. The molecule has 0 fully saturated rings. The van der Waals surface area contributed by atoms with Crippen LogP contribution in [-0.2, 0) is 10.0 Å². The van der Waals surface area contributed by atoms with Crippen molar-refractivity contribution in [3.05, 3.63) is 88.2 Å². The molecule has 0 unspecified atom stereocenters. The molecule has 28 heavy (non-hydrogen) atoms. The van der Waals surface area contributed by atoms with Gasteiger partial charge in [0.15, 0.2) is 0 Å². The Bertz CT molecular complexity index is 1150. The number of benzene rings is 3. The first kappa shape index (κ1) is 20.1. The van der Waals surface area contributed by atoms with Crippen LogP contribution in [0, 0.1) is 5.82 Å². The van der Waals surface area contributed by atoms with E-state index in [1.165, 1.54) is 36.4 Å². The van der Waals surface area contributed by atoms with E-state index in [9.17, 15) is 17.6 Å². The third kappa shape index (κ3) is 4.81. The molecular weight excluding hydrogens is 426 g/mol. The first-order valence-electron chi connectivity index (χ1n) is 7.89. The van der Waals surface area contributed by atoms with Crippen LogP contribution in [0.15, 0.2) is 71.6 Å². The van der Waals surface area contributed by atoms with Gasteiger partial charge in [0, 0.05) is 15.6 Å². The van der Waals surface area contributed by atoms with Crippen LogP contribution in [0.1, 0.15) is 10.4 Å². The monoisotopic (exact) mass is 438 g/mol. The van der Waals surface area contributed by atoms with E-state index >= 15 is 0 Å². The highest BCUT2D eigenvalue weighted by Gasteiger charge is 2.18. The number of halogens is 3. The first-order chi connectivity index (χ1) is 13.2. The minimum atomic E-state index is -4.03. The van der Waals surface area contributed by atoms with Crippen molar-refractivity contribution in [2.24, 2.45) is 0 Å². The lowest BCUT2D eigenvalue weighted by molar-refractivity contribution is 0.102. The van der Waals surface area contributed by atoms with Gasteiger partial charge in [-0.15, -0.1) is 0 Å². The van der Waals surface area contributed by atoms with Gasteiger partial charge in [0.05, 0.1) is 16.3 Å². The van der Waals surface area contributed by atoms with Crippen LogP contribution in [-0.4, -0.2) is 14.3 Å². The summed E-state index contributed by atoms with van der Waals surface area (Å²) in [5, 5.41) is 3.10. The summed E-state index contributed by atoms with van der Waals surface area (Å²) >= 11 is 11.7. The molecule has 9 heteroatoms. The molecule has 0 bridgehead atoms. The Hall–Kier alpha value is -2.61. The minimum absolute atomic E-state index is 0.160. The fourth-order valence-corrected chi connectivity index (χ4v) is 3.80. The van der Waals surface area contributed by atoms with Crippen molar-refractivity contribution in [3.8, 4) is 0 Å². The average Bonchev–Trinajstić information content (AvgIpc) is 2.63. The van der Waals surface area contributed by atoms with Crippen molar-refractivity contribution in [3.63, 3.8) is 0 Å². The van der Waals surface area contributed by atoms with Crippen molar-refractivity contribution in [2.45, 2.75) is 4.90 Å². The fourth-order valence-electron chi connectivity index (χ4n) is 2.35. The lowest BCUT2D eigenvalue weighted by Crippen LogP contribution is -2.15. The minimum Gasteiger partial charge on any atom is -0.319 e. The maximum Gasteiger partial charge on any atom is 0.261 e. The third-order valence-electron chi connectivity index (χ3n) is 3.66. The van der Waals surface area contributed by atoms with Crippen LogP contribution in [0.4, 0.5) is 15.8 Å². The van der Waals surface area contributed by atoms with E-state index in [0.29, 0.717) is 10.0 Å². The molecule has 0 saturated carbocycles. The molecule has 0 radical (unpaired) electrons. The van der Waals surface area contributed by atoms with Crippen molar-refractivity contribution in [1.29, 1.82) is 0 Å². The Kier molecular flexibility index (Phi) is 5.88. The second-order valence-corrected chi connectivity index (χ2v) is 8.28. The van der Waals surface area contributed by atoms with Gasteiger partial charge in [-0.05, 0) is 54.6 Å². The van der Waals surface area contributed by atoms with Crippen LogP contribution in [0.2, 0.25) is 10.0 Å². The van der Waals surface area contributed by atoms with Crippen LogP contribution in [0.25, 0.3) is 0 Å². The summed E-state index contributed by atoms with van der Waals surface area (Å²) in [5.74, 6) is -1.47. The van der Waals surface area contributed by atoms with Gasteiger partial charge in [0.2, 0.25) is 0 Å². The molecule has 3 aromatic rings. The zero-order valence-corrected chi connectivity index (χ0v) is 16.4. The van der Waals surface area contributed by atoms with Crippen molar-refractivity contribution in [2.75, 3.05) is 10.0 Å². The molecule has 3 aromatic carbocycles. The number of carbonyl (C=O) groups excluding carboxylic acids is 1. The van der Waals surface area contributed by atoms with E-state index in [1.807, 2.05) is 0 Å². The molecule has 1 amide bonds. The van der Waals surface area contributed by atoms with Crippen LogP contribution in [0.3, 0.4) is 0 Å². The smallest absolute Gasteiger partial charge is 0.261 e. The van der Waals surface area contributed by atoms with Gasteiger partial charge in [0.25, 0.3) is 15.9 Å². The second kappa shape index (κ2) is 8.18. The third-order valence-corrected chi connectivity index (χ3v) is 5.51. The molecule has 0 aliphatic heterocycles. The zero-order chi connectivity index (χ0) is 20.3. The molecular formula is C19H13Cl2FN2O3S. The van der Waals surface area contributed by atoms with E-state index in [1.54, 1.807) is 24.3 Å². The van der Waals surface area contributed by atoms with E-state index < -0.39 is 21.7 Å². The standard InChI is InChI=1S/C19H13Cl2FN2O3S/c20-13-4-1-3-12(9-13)19(25)23-18-8-7-16(11-17(18)22)28(26,27)24-15-6-2-5-14(21)10-15/h1-11,24H,(H,23,25). The number of sulfonamides is 1. The van der Waals surface area contributed by atoms with E-state index in [4.69, 9.17) is 23.2 Å².